The quantitative estimate of drug-likeness (QED) is 0.345. The maximum absolute atomic E-state index is 12.9. The van der Waals surface area contributed by atoms with Crippen LogP contribution in [0.15, 0.2) is 36.5 Å². The van der Waals surface area contributed by atoms with Crippen molar-refractivity contribution in [3.05, 3.63) is 52.8 Å². The van der Waals surface area contributed by atoms with Gasteiger partial charge in [-0.25, -0.2) is 19.4 Å². The number of amides is 1. The van der Waals surface area contributed by atoms with Crippen LogP contribution < -0.4 is 14.6 Å². The van der Waals surface area contributed by atoms with Crippen LogP contribution in [-0.2, 0) is 9.53 Å². The van der Waals surface area contributed by atoms with Crippen LogP contribution in [0.5, 0.6) is 0 Å². The molecule has 0 aliphatic carbocycles. The number of ether oxygens (including phenoxy) is 1. The number of hydrogen-bond donors (Lipinski definition) is 1. The predicted octanol–water partition coefficient (Wildman–Crippen LogP) is 3.78. The number of benzene rings is 1. The van der Waals surface area contributed by atoms with Crippen molar-refractivity contribution in [3.8, 4) is 0 Å². The molecule has 1 aliphatic heterocycles. The monoisotopic (exact) mass is 529 g/mol. The molecule has 0 radical (unpaired) electrons. The molecule has 4 rings (SSSR count). The van der Waals surface area contributed by atoms with E-state index in [9.17, 15) is 9.59 Å². The summed E-state index contributed by atoms with van der Waals surface area (Å²) in [7, 11) is 0. The number of carbonyl (C=O) groups excluding carboxylic acids is 2. The number of esters is 1. The normalized spacial score (nSPS) is 13.9. The van der Waals surface area contributed by atoms with E-state index in [0.717, 1.165) is 42.0 Å². The summed E-state index contributed by atoms with van der Waals surface area (Å²) >= 11 is 7.53. The zero-order chi connectivity index (χ0) is 25.7. The Morgan fingerprint density at radius 2 is 1.92 bits per heavy atom. The van der Waals surface area contributed by atoms with E-state index in [1.54, 1.807) is 13.0 Å². The van der Waals surface area contributed by atoms with Gasteiger partial charge in [0.05, 0.1) is 25.0 Å². The zero-order valence-corrected chi connectivity index (χ0v) is 22.0. The molecule has 190 valence electrons. The number of para-hydroxylation sites is 1. The summed E-state index contributed by atoms with van der Waals surface area (Å²) in [5, 5.41) is 3.71. The van der Waals surface area contributed by atoms with E-state index in [4.69, 9.17) is 16.5 Å². The third-order valence-electron chi connectivity index (χ3n) is 5.64. The fourth-order valence-corrected chi connectivity index (χ4v) is 4.92. The van der Waals surface area contributed by atoms with Gasteiger partial charge in [0.2, 0.25) is 0 Å². The van der Waals surface area contributed by atoms with Gasteiger partial charge in [0.25, 0.3) is 5.91 Å². The van der Waals surface area contributed by atoms with Gasteiger partial charge in [-0.3, -0.25) is 14.5 Å². The first-order valence-corrected chi connectivity index (χ1v) is 12.8. The van der Waals surface area contributed by atoms with Crippen LogP contribution in [0.4, 0.5) is 22.5 Å². The number of rotatable bonds is 8. The molecular weight excluding hydrogens is 502 g/mol. The number of aryl methyl sites for hydroxylation is 2. The minimum atomic E-state index is -0.350. The molecule has 0 saturated carbocycles. The molecule has 3 heterocycles. The number of thiazole rings is 1. The Morgan fingerprint density at radius 3 is 2.64 bits per heavy atom. The first-order valence-electron chi connectivity index (χ1n) is 11.6. The van der Waals surface area contributed by atoms with E-state index >= 15 is 0 Å². The SMILES string of the molecule is CCOC(=O)CN1CCN(c2cc(Nc3ncc(C(=O)N(Cl)c4ccccc4C)s3)nc(C)n2)CC1. The molecule has 36 heavy (non-hydrogen) atoms. The molecule has 1 amide bonds. The van der Waals surface area contributed by atoms with E-state index in [1.165, 1.54) is 17.5 Å². The van der Waals surface area contributed by atoms with E-state index in [0.29, 0.717) is 40.5 Å². The molecule has 0 atom stereocenters. The molecule has 3 aromatic rings. The second kappa shape index (κ2) is 11.6. The number of halogens is 1. The van der Waals surface area contributed by atoms with Gasteiger partial charge in [0.15, 0.2) is 5.13 Å². The second-order valence-electron chi connectivity index (χ2n) is 8.25. The number of nitrogens with zero attached hydrogens (tertiary/aromatic N) is 6. The van der Waals surface area contributed by atoms with Gasteiger partial charge < -0.3 is 15.0 Å². The number of aromatic nitrogens is 3. The average molecular weight is 530 g/mol. The first kappa shape index (κ1) is 25.8. The van der Waals surface area contributed by atoms with Crippen molar-refractivity contribution in [3.63, 3.8) is 0 Å². The van der Waals surface area contributed by atoms with Crippen LogP contribution >= 0.6 is 23.1 Å². The Labute approximate surface area is 219 Å². The highest BCUT2D eigenvalue weighted by atomic mass is 35.5. The third-order valence-corrected chi connectivity index (χ3v) is 6.87. The largest absolute Gasteiger partial charge is 0.465 e. The molecule has 1 aliphatic rings. The smallest absolute Gasteiger partial charge is 0.320 e. The standard InChI is InChI=1S/C24H28ClN7O3S/c1-4-35-22(33)15-30-9-11-31(12-10-30)21-13-20(27-17(3)28-21)29-24-26-14-19(36-24)23(34)32(25)18-8-6-5-7-16(18)2/h5-8,13-14H,4,9-12,15H2,1-3H3,(H,26,27,28,29). The minimum Gasteiger partial charge on any atom is -0.465 e. The van der Waals surface area contributed by atoms with Crippen molar-refractivity contribution in [1.82, 2.24) is 19.9 Å². The van der Waals surface area contributed by atoms with Gasteiger partial charge in [0.1, 0.15) is 22.3 Å². The Kier molecular flexibility index (Phi) is 8.34. The summed E-state index contributed by atoms with van der Waals surface area (Å²) in [6.45, 7) is 9.15. The predicted molar refractivity (Wildman–Crippen MR) is 141 cm³/mol. The molecule has 0 bridgehead atoms. The highest BCUT2D eigenvalue weighted by Gasteiger charge is 2.22. The topological polar surface area (TPSA) is 104 Å². The number of nitrogens with one attached hydrogen (secondary N) is 1. The summed E-state index contributed by atoms with van der Waals surface area (Å²) in [6, 6.07) is 9.28. The maximum Gasteiger partial charge on any atom is 0.320 e. The van der Waals surface area contributed by atoms with Crippen molar-refractivity contribution in [2.75, 3.05) is 54.0 Å². The van der Waals surface area contributed by atoms with Crippen LogP contribution in [0.1, 0.15) is 28.0 Å². The van der Waals surface area contributed by atoms with Crippen LogP contribution in [-0.4, -0.2) is 71.1 Å². The summed E-state index contributed by atoms with van der Waals surface area (Å²) in [4.78, 5) is 42.7. The number of hydrogen-bond acceptors (Lipinski definition) is 10. The Morgan fingerprint density at radius 1 is 1.17 bits per heavy atom. The fourth-order valence-electron chi connectivity index (χ4n) is 3.83. The lowest BCUT2D eigenvalue weighted by atomic mass is 10.2. The molecule has 10 nitrogen and oxygen atoms in total. The highest BCUT2D eigenvalue weighted by Crippen LogP contribution is 2.28. The zero-order valence-electron chi connectivity index (χ0n) is 20.4. The van der Waals surface area contributed by atoms with E-state index in [-0.39, 0.29) is 11.9 Å². The maximum atomic E-state index is 12.9. The van der Waals surface area contributed by atoms with Gasteiger partial charge in [-0.1, -0.05) is 29.5 Å². The van der Waals surface area contributed by atoms with E-state index in [1.807, 2.05) is 38.1 Å². The van der Waals surface area contributed by atoms with Crippen molar-refractivity contribution in [1.29, 1.82) is 0 Å². The van der Waals surface area contributed by atoms with Crippen molar-refractivity contribution < 1.29 is 14.3 Å². The molecule has 2 aromatic heterocycles. The molecule has 1 fully saturated rings. The van der Waals surface area contributed by atoms with Crippen molar-refractivity contribution in [2.24, 2.45) is 0 Å². The molecular formula is C24H28ClN7O3S. The first-order chi connectivity index (χ1) is 17.3. The van der Waals surface area contributed by atoms with Gasteiger partial charge >= 0.3 is 5.97 Å². The van der Waals surface area contributed by atoms with Crippen LogP contribution in [0.25, 0.3) is 0 Å². The molecule has 1 saturated heterocycles. The molecule has 0 spiro atoms. The highest BCUT2D eigenvalue weighted by molar-refractivity contribution is 7.17. The van der Waals surface area contributed by atoms with Crippen LogP contribution in [0.2, 0.25) is 0 Å². The second-order valence-corrected chi connectivity index (χ2v) is 9.62. The Bertz CT molecular complexity index is 1230. The number of carbonyl (C=O) groups is 2. The summed E-state index contributed by atoms with van der Waals surface area (Å²) in [5.74, 6) is 1.44. The Hall–Kier alpha value is -3.28. The van der Waals surface area contributed by atoms with Gasteiger partial charge in [-0.2, -0.15) is 0 Å². The van der Waals surface area contributed by atoms with Crippen molar-refractivity contribution >= 4 is 57.4 Å². The lowest BCUT2D eigenvalue weighted by Crippen LogP contribution is -2.48. The minimum absolute atomic E-state index is 0.201. The van der Waals surface area contributed by atoms with Crippen LogP contribution in [0, 0.1) is 13.8 Å². The number of piperazine rings is 1. The van der Waals surface area contributed by atoms with E-state index < -0.39 is 0 Å². The summed E-state index contributed by atoms with van der Waals surface area (Å²) < 4.78 is 6.15. The Balaban J connectivity index is 1.40. The summed E-state index contributed by atoms with van der Waals surface area (Å²) in [6.07, 6.45) is 1.50. The summed E-state index contributed by atoms with van der Waals surface area (Å²) in [5.41, 5.74) is 1.53. The molecule has 12 heteroatoms. The molecule has 0 unspecified atom stereocenters. The van der Waals surface area contributed by atoms with Gasteiger partial charge in [-0.15, -0.1) is 0 Å². The number of anilines is 4. The lowest BCUT2D eigenvalue weighted by molar-refractivity contribution is -0.144. The molecule has 1 aromatic carbocycles. The van der Waals surface area contributed by atoms with Crippen molar-refractivity contribution in [2.45, 2.75) is 20.8 Å². The lowest BCUT2D eigenvalue weighted by Gasteiger charge is -2.34. The van der Waals surface area contributed by atoms with Crippen LogP contribution in [0.3, 0.4) is 0 Å². The third kappa shape index (κ3) is 6.28. The van der Waals surface area contributed by atoms with Gasteiger partial charge in [-0.05, 0) is 32.4 Å². The van der Waals surface area contributed by atoms with Gasteiger partial charge in [0, 0.05) is 44.0 Å². The molecule has 1 N–H and O–H groups in total. The van der Waals surface area contributed by atoms with E-state index in [2.05, 4.69) is 30.1 Å². The fraction of sp³-hybridized carbons (Fsp3) is 0.375. The average Bonchev–Trinajstić information content (AvgIpc) is 3.32.